The largest absolute Gasteiger partial charge is 0.493 e. The van der Waals surface area contributed by atoms with Crippen molar-refractivity contribution in [3.63, 3.8) is 0 Å². The molecule has 0 fully saturated rings. The van der Waals surface area contributed by atoms with Crippen molar-refractivity contribution in [1.29, 1.82) is 0 Å². The Morgan fingerprint density at radius 3 is 2.65 bits per heavy atom. The van der Waals surface area contributed by atoms with Crippen molar-refractivity contribution >= 4 is 17.6 Å². The number of aliphatic carboxylic acids is 1. The number of hydrogen-bond donors (Lipinski definition) is 1. The van der Waals surface area contributed by atoms with Gasteiger partial charge in [-0.2, -0.15) is 13.2 Å². The van der Waals surface area contributed by atoms with Gasteiger partial charge in [-0.25, -0.2) is 0 Å². The van der Waals surface area contributed by atoms with E-state index in [-0.39, 0.29) is 28.7 Å². The molecule has 0 saturated carbocycles. The fourth-order valence-corrected chi connectivity index (χ4v) is 4.08. The predicted octanol–water partition coefficient (Wildman–Crippen LogP) is 4.98. The topological polar surface area (TPSA) is 95.7 Å². The van der Waals surface area contributed by atoms with Gasteiger partial charge in [0.2, 0.25) is 5.82 Å². The maximum absolute atomic E-state index is 13.8. The van der Waals surface area contributed by atoms with E-state index < -0.39 is 36.6 Å². The molecule has 12 heteroatoms. The summed E-state index contributed by atoms with van der Waals surface area (Å²) in [5.41, 5.74) is 0.730. The Labute approximate surface area is 196 Å². The van der Waals surface area contributed by atoms with Gasteiger partial charge in [0.1, 0.15) is 12.2 Å². The molecule has 180 valence electrons. The minimum Gasteiger partial charge on any atom is -0.493 e. The lowest BCUT2D eigenvalue weighted by molar-refractivity contribution is -0.146. The summed E-state index contributed by atoms with van der Waals surface area (Å²) >= 11 is 6.23. The Morgan fingerprint density at radius 2 is 2.00 bits per heavy atom. The Morgan fingerprint density at radius 1 is 1.24 bits per heavy atom. The lowest BCUT2D eigenvalue weighted by Gasteiger charge is -2.25. The summed E-state index contributed by atoms with van der Waals surface area (Å²) in [5.74, 6) is -2.19. The lowest BCUT2D eigenvalue weighted by Crippen LogP contribution is -2.17. The number of alkyl halides is 3. The minimum atomic E-state index is -4.86. The molecule has 2 aromatic carbocycles. The van der Waals surface area contributed by atoms with Gasteiger partial charge in [-0.3, -0.25) is 9.36 Å². The molecule has 4 rings (SSSR count). The molecule has 0 amide bonds. The van der Waals surface area contributed by atoms with Crippen LogP contribution in [-0.2, 0) is 15.7 Å². The number of aromatic nitrogens is 3. The van der Waals surface area contributed by atoms with Crippen LogP contribution < -0.4 is 9.47 Å². The first-order chi connectivity index (χ1) is 16.2. The van der Waals surface area contributed by atoms with Crippen molar-refractivity contribution in [3.8, 4) is 17.2 Å². The molecule has 3 aromatic rings. The van der Waals surface area contributed by atoms with E-state index in [0.717, 1.165) is 4.57 Å². The van der Waals surface area contributed by atoms with Crippen LogP contribution in [0.3, 0.4) is 0 Å². The molecule has 2 heterocycles. The molecule has 0 saturated heterocycles. The van der Waals surface area contributed by atoms with Crippen LogP contribution >= 0.6 is 11.6 Å². The number of carbonyl (C=O) groups is 1. The van der Waals surface area contributed by atoms with Crippen LogP contribution in [0.5, 0.6) is 11.5 Å². The highest BCUT2D eigenvalue weighted by molar-refractivity contribution is 6.30. The van der Waals surface area contributed by atoms with Crippen LogP contribution in [0.4, 0.5) is 13.2 Å². The molecule has 8 nitrogen and oxygen atoms in total. The first-order valence-corrected chi connectivity index (χ1v) is 10.5. The number of para-hydroxylation sites is 1. The van der Waals surface area contributed by atoms with Crippen molar-refractivity contribution in [2.75, 3.05) is 13.7 Å². The molecule has 0 bridgehead atoms. The first kappa shape index (κ1) is 23.8. The summed E-state index contributed by atoms with van der Waals surface area (Å²) in [5, 5.41) is 16.7. The van der Waals surface area contributed by atoms with Crippen molar-refractivity contribution in [1.82, 2.24) is 14.8 Å². The first-order valence-electron chi connectivity index (χ1n) is 10.1. The zero-order valence-corrected chi connectivity index (χ0v) is 18.7. The number of hydrogen-bond acceptors (Lipinski definition) is 6. The fourth-order valence-electron chi connectivity index (χ4n) is 3.90. The van der Waals surface area contributed by atoms with Crippen LogP contribution in [0.25, 0.3) is 5.69 Å². The number of fused-ring (bicyclic) bond motifs is 3. The normalized spacial score (nSPS) is 17.5. The van der Waals surface area contributed by atoms with Crippen LogP contribution in [0.15, 0.2) is 36.4 Å². The standard InChI is InChI=1S/C22H19ClF3N3O5/c1-3-33-19-12(5-4-6-15(19)32-2)18-13-9-11(23)7-8-14(13)29-20(16(34-18)10-17(30)31)27-28-21(29)22(24,25)26/h4-9,16,18H,3,10H2,1-2H3,(H,30,31)/t16-,18-/m1/s1. The molecule has 34 heavy (non-hydrogen) atoms. The molecule has 1 N–H and O–H groups in total. The molecule has 1 aliphatic rings. The summed E-state index contributed by atoms with van der Waals surface area (Å²) in [6.07, 6.45) is -7.93. The quantitative estimate of drug-likeness (QED) is 0.513. The van der Waals surface area contributed by atoms with E-state index in [1.165, 1.54) is 25.3 Å². The number of benzene rings is 2. The van der Waals surface area contributed by atoms with Crippen molar-refractivity contribution < 1.29 is 37.3 Å². The number of carboxylic acid groups (broad SMARTS) is 1. The average Bonchev–Trinajstić information content (AvgIpc) is 3.18. The smallest absolute Gasteiger partial charge is 0.452 e. The van der Waals surface area contributed by atoms with Crippen LogP contribution in [0.1, 0.15) is 48.3 Å². The van der Waals surface area contributed by atoms with Gasteiger partial charge >= 0.3 is 12.1 Å². The van der Waals surface area contributed by atoms with E-state index in [4.69, 9.17) is 25.8 Å². The van der Waals surface area contributed by atoms with Gasteiger partial charge in [-0.1, -0.05) is 23.7 Å². The number of carboxylic acids is 1. The van der Waals surface area contributed by atoms with E-state index >= 15 is 0 Å². The Balaban J connectivity index is 2.03. The van der Waals surface area contributed by atoms with Gasteiger partial charge in [-0.05, 0) is 31.2 Å². The molecule has 0 radical (unpaired) electrons. The van der Waals surface area contributed by atoms with Crippen molar-refractivity contribution in [3.05, 3.63) is 64.2 Å². The Kier molecular flexibility index (Phi) is 6.41. The maximum atomic E-state index is 13.8. The van der Waals surface area contributed by atoms with Crippen LogP contribution in [0, 0.1) is 0 Å². The number of ether oxygens (including phenoxy) is 3. The average molecular weight is 498 g/mol. The maximum Gasteiger partial charge on any atom is 0.452 e. The molecule has 0 unspecified atom stereocenters. The number of rotatable bonds is 6. The second kappa shape index (κ2) is 9.15. The van der Waals surface area contributed by atoms with Gasteiger partial charge in [0, 0.05) is 16.1 Å². The zero-order chi connectivity index (χ0) is 24.6. The zero-order valence-electron chi connectivity index (χ0n) is 18.0. The molecule has 0 spiro atoms. The number of methoxy groups -OCH3 is 1. The van der Waals surface area contributed by atoms with Gasteiger partial charge in [0.05, 0.1) is 25.8 Å². The highest BCUT2D eigenvalue weighted by Crippen LogP contribution is 2.47. The summed E-state index contributed by atoms with van der Waals surface area (Å²) in [6, 6.07) is 9.27. The van der Waals surface area contributed by atoms with E-state index in [9.17, 15) is 23.1 Å². The molecular weight excluding hydrogens is 479 g/mol. The molecule has 1 aliphatic heterocycles. The summed E-state index contributed by atoms with van der Waals surface area (Å²) in [7, 11) is 1.45. The third kappa shape index (κ3) is 4.28. The van der Waals surface area contributed by atoms with Crippen LogP contribution in [-0.4, -0.2) is 39.6 Å². The fraction of sp³-hybridized carbons (Fsp3) is 0.318. The monoisotopic (exact) mass is 497 g/mol. The SMILES string of the molecule is CCOc1c(OC)cccc1[C@H]1O[C@H](CC(=O)O)c2nnc(C(F)(F)F)n2-c2ccc(Cl)cc21. The Bertz CT molecular complexity index is 1230. The Hall–Kier alpha value is -3.31. The van der Waals surface area contributed by atoms with Crippen LogP contribution in [0.2, 0.25) is 5.02 Å². The second-order valence-corrected chi connectivity index (χ2v) is 7.77. The highest BCUT2D eigenvalue weighted by atomic mass is 35.5. The third-order valence-corrected chi connectivity index (χ3v) is 5.44. The molecular formula is C22H19ClF3N3O5. The third-order valence-electron chi connectivity index (χ3n) is 5.20. The van der Waals surface area contributed by atoms with Crippen molar-refractivity contribution in [2.45, 2.75) is 31.7 Å². The lowest BCUT2D eigenvalue weighted by atomic mass is 9.98. The number of nitrogens with zero attached hydrogens (tertiary/aromatic N) is 3. The van der Waals surface area contributed by atoms with Gasteiger partial charge < -0.3 is 19.3 Å². The highest BCUT2D eigenvalue weighted by Gasteiger charge is 2.43. The molecule has 1 aromatic heterocycles. The van der Waals surface area contributed by atoms with E-state index in [0.29, 0.717) is 17.1 Å². The van der Waals surface area contributed by atoms with E-state index in [1.807, 2.05) is 0 Å². The second-order valence-electron chi connectivity index (χ2n) is 7.33. The summed E-state index contributed by atoms with van der Waals surface area (Å²) in [6.45, 7) is 2.03. The predicted molar refractivity (Wildman–Crippen MR) is 113 cm³/mol. The van der Waals surface area contributed by atoms with E-state index in [2.05, 4.69) is 10.2 Å². The van der Waals surface area contributed by atoms with Gasteiger partial charge in [0.15, 0.2) is 17.3 Å². The van der Waals surface area contributed by atoms with Crippen molar-refractivity contribution in [2.24, 2.45) is 0 Å². The summed E-state index contributed by atoms with van der Waals surface area (Å²) < 4.78 is 59.7. The van der Waals surface area contributed by atoms with E-state index in [1.54, 1.807) is 25.1 Å². The molecule has 0 aliphatic carbocycles. The number of halogens is 4. The van der Waals surface area contributed by atoms with Gasteiger partial charge in [-0.15, -0.1) is 10.2 Å². The molecule has 2 atom stereocenters. The summed E-state index contributed by atoms with van der Waals surface area (Å²) in [4.78, 5) is 11.6. The minimum absolute atomic E-state index is 0.0554. The van der Waals surface area contributed by atoms with Gasteiger partial charge in [0.25, 0.3) is 0 Å².